The summed E-state index contributed by atoms with van der Waals surface area (Å²) < 4.78 is 1.52. The van der Waals surface area contributed by atoms with Gasteiger partial charge in [0.1, 0.15) is 0 Å². The van der Waals surface area contributed by atoms with Crippen molar-refractivity contribution in [2.45, 2.75) is 26.4 Å². The highest BCUT2D eigenvalue weighted by Crippen LogP contribution is 2.07. The molecule has 0 aliphatic rings. The van der Waals surface area contributed by atoms with Crippen LogP contribution in [-0.4, -0.2) is 54.7 Å². The van der Waals surface area contributed by atoms with Crippen LogP contribution < -0.4 is 0 Å². The Balaban J connectivity index is 2.29. The monoisotopic (exact) mass is 263 g/mol. The van der Waals surface area contributed by atoms with Gasteiger partial charge in [0.2, 0.25) is 5.82 Å². The molecule has 7 nitrogen and oxygen atoms in total. The average Bonchev–Trinajstić information content (AvgIpc) is 2.71. The number of carbonyl (C=O) groups is 1. The summed E-state index contributed by atoms with van der Waals surface area (Å²) in [5.74, 6) is 0.126. The number of fused-ring (bicyclic) bond motifs is 1. The van der Waals surface area contributed by atoms with E-state index in [0.717, 1.165) is 5.69 Å². The van der Waals surface area contributed by atoms with Gasteiger partial charge in [-0.25, -0.2) is 9.50 Å². The molecule has 0 aromatic carbocycles. The Kier molecular flexibility index (Phi) is 3.23. The number of likely N-dealkylation sites (N-methyl/N-ethyl adjacent to an activating group) is 1. The molecule has 1 amide bonds. The first kappa shape index (κ1) is 13.4. The normalized spacial score (nSPS) is 11.8. The molecule has 0 spiro atoms. The Morgan fingerprint density at radius 3 is 2.79 bits per heavy atom. The maximum Gasteiger partial charge on any atom is 0.293 e. The van der Waals surface area contributed by atoms with Gasteiger partial charge in [-0.05, 0) is 26.8 Å². The van der Waals surface area contributed by atoms with Crippen molar-refractivity contribution in [3.63, 3.8) is 0 Å². The lowest BCUT2D eigenvalue weighted by atomic mass is 10.1. The number of aliphatic hydroxyl groups is 1. The third kappa shape index (κ3) is 2.87. The second-order valence-corrected chi connectivity index (χ2v) is 5.21. The van der Waals surface area contributed by atoms with Gasteiger partial charge in [0.15, 0.2) is 0 Å². The zero-order valence-corrected chi connectivity index (χ0v) is 11.5. The van der Waals surface area contributed by atoms with Crippen LogP contribution in [0.1, 0.15) is 30.2 Å². The van der Waals surface area contributed by atoms with Crippen LogP contribution in [0.15, 0.2) is 12.3 Å². The summed E-state index contributed by atoms with van der Waals surface area (Å²) in [4.78, 5) is 21.7. The first-order chi connectivity index (χ1) is 8.78. The minimum Gasteiger partial charge on any atom is -0.389 e. The Bertz CT molecular complexity index is 614. The topological polar surface area (TPSA) is 83.6 Å². The van der Waals surface area contributed by atoms with Crippen molar-refractivity contribution in [3.8, 4) is 0 Å². The minimum absolute atomic E-state index is 0.0774. The van der Waals surface area contributed by atoms with Crippen molar-refractivity contribution in [1.29, 1.82) is 0 Å². The summed E-state index contributed by atoms with van der Waals surface area (Å²) >= 11 is 0. The lowest BCUT2D eigenvalue weighted by molar-refractivity contribution is 0.0361. The number of amides is 1. The molecule has 0 aliphatic carbocycles. The molecule has 7 heteroatoms. The molecule has 2 heterocycles. The van der Waals surface area contributed by atoms with Crippen LogP contribution in [0.4, 0.5) is 0 Å². The van der Waals surface area contributed by atoms with E-state index in [2.05, 4.69) is 15.1 Å². The molecule has 0 unspecified atom stereocenters. The van der Waals surface area contributed by atoms with Crippen LogP contribution in [0.2, 0.25) is 0 Å². The zero-order chi connectivity index (χ0) is 14.2. The molecule has 19 heavy (non-hydrogen) atoms. The van der Waals surface area contributed by atoms with Gasteiger partial charge in [0.05, 0.1) is 5.60 Å². The van der Waals surface area contributed by atoms with E-state index in [1.54, 1.807) is 33.2 Å². The average molecular weight is 263 g/mol. The van der Waals surface area contributed by atoms with Crippen LogP contribution in [0.3, 0.4) is 0 Å². The molecule has 2 aromatic heterocycles. The van der Waals surface area contributed by atoms with Crippen LogP contribution in [0.25, 0.3) is 5.78 Å². The highest BCUT2D eigenvalue weighted by molar-refractivity contribution is 5.90. The highest BCUT2D eigenvalue weighted by atomic mass is 16.3. The summed E-state index contributed by atoms with van der Waals surface area (Å²) in [5.41, 5.74) is -0.112. The standard InChI is InChI=1S/C12H17N5O2/c1-8-5-6-13-11-14-9(15-17(8)11)10(18)16(4)7-12(2,3)19/h5-6,19H,7H2,1-4H3. The van der Waals surface area contributed by atoms with Crippen LogP contribution in [0, 0.1) is 6.92 Å². The molecule has 2 aromatic rings. The largest absolute Gasteiger partial charge is 0.389 e. The molecular weight excluding hydrogens is 246 g/mol. The fraction of sp³-hybridized carbons (Fsp3) is 0.500. The Labute approximate surface area is 110 Å². The molecule has 0 saturated heterocycles. The molecule has 0 atom stereocenters. The molecule has 0 radical (unpaired) electrons. The summed E-state index contributed by atoms with van der Waals surface area (Å²) in [7, 11) is 1.60. The van der Waals surface area contributed by atoms with E-state index < -0.39 is 5.60 Å². The van der Waals surface area contributed by atoms with E-state index >= 15 is 0 Å². The van der Waals surface area contributed by atoms with E-state index in [0.29, 0.717) is 5.78 Å². The summed E-state index contributed by atoms with van der Waals surface area (Å²) in [6.07, 6.45) is 1.62. The second kappa shape index (κ2) is 4.58. The summed E-state index contributed by atoms with van der Waals surface area (Å²) in [6.45, 7) is 5.34. The minimum atomic E-state index is -0.961. The third-order valence-corrected chi connectivity index (χ3v) is 2.59. The Hall–Kier alpha value is -2.02. The Morgan fingerprint density at radius 1 is 1.53 bits per heavy atom. The summed E-state index contributed by atoms with van der Waals surface area (Å²) in [6, 6.07) is 1.79. The quantitative estimate of drug-likeness (QED) is 0.859. The Morgan fingerprint density at radius 2 is 2.21 bits per heavy atom. The van der Waals surface area contributed by atoms with Gasteiger partial charge in [-0.3, -0.25) is 4.79 Å². The fourth-order valence-corrected chi connectivity index (χ4v) is 1.82. The van der Waals surface area contributed by atoms with E-state index in [9.17, 15) is 9.90 Å². The molecule has 102 valence electrons. The maximum atomic E-state index is 12.2. The van der Waals surface area contributed by atoms with Gasteiger partial charge in [0.25, 0.3) is 11.7 Å². The molecule has 0 aliphatic heterocycles. The van der Waals surface area contributed by atoms with Gasteiger partial charge in [-0.1, -0.05) is 0 Å². The van der Waals surface area contributed by atoms with Crippen molar-refractivity contribution in [2.75, 3.05) is 13.6 Å². The van der Waals surface area contributed by atoms with Crippen molar-refractivity contribution in [2.24, 2.45) is 0 Å². The number of rotatable bonds is 3. The molecular formula is C12H17N5O2. The van der Waals surface area contributed by atoms with Gasteiger partial charge in [-0.15, -0.1) is 5.10 Å². The lowest BCUT2D eigenvalue weighted by Gasteiger charge is -2.24. The van der Waals surface area contributed by atoms with Crippen LogP contribution >= 0.6 is 0 Å². The van der Waals surface area contributed by atoms with Crippen molar-refractivity contribution in [3.05, 3.63) is 23.8 Å². The zero-order valence-electron chi connectivity index (χ0n) is 11.5. The van der Waals surface area contributed by atoms with E-state index in [1.807, 2.05) is 6.92 Å². The van der Waals surface area contributed by atoms with Gasteiger partial charge >= 0.3 is 0 Å². The molecule has 0 bridgehead atoms. The maximum absolute atomic E-state index is 12.2. The van der Waals surface area contributed by atoms with Crippen LogP contribution in [-0.2, 0) is 0 Å². The van der Waals surface area contributed by atoms with Crippen molar-refractivity contribution in [1.82, 2.24) is 24.5 Å². The lowest BCUT2D eigenvalue weighted by Crippen LogP contribution is -2.40. The number of aryl methyl sites for hydroxylation is 1. The highest BCUT2D eigenvalue weighted by Gasteiger charge is 2.23. The fourth-order valence-electron chi connectivity index (χ4n) is 1.82. The number of aromatic nitrogens is 4. The molecule has 0 saturated carbocycles. The first-order valence-corrected chi connectivity index (χ1v) is 5.94. The molecule has 2 rings (SSSR count). The van der Waals surface area contributed by atoms with E-state index in [1.165, 1.54) is 9.42 Å². The van der Waals surface area contributed by atoms with Gasteiger partial charge in [0, 0.05) is 25.5 Å². The predicted octanol–water partition coefficient (Wildman–Crippen LogP) is 0.276. The summed E-state index contributed by atoms with van der Waals surface area (Å²) in [5, 5.41) is 13.8. The number of nitrogens with zero attached hydrogens (tertiary/aromatic N) is 5. The molecule has 1 N–H and O–H groups in total. The van der Waals surface area contributed by atoms with E-state index in [4.69, 9.17) is 0 Å². The number of hydrogen-bond donors (Lipinski definition) is 1. The SMILES string of the molecule is Cc1ccnc2nc(C(=O)N(C)CC(C)(C)O)nn12. The van der Waals surface area contributed by atoms with Crippen LogP contribution in [0.5, 0.6) is 0 Å². The van der Waals surface area contributed by atoms with Crippen molar-refractivity contribution >= 4 is 11.7 Å². The third-order valence-electron chi connectivity index (χ3n) is 2.59. The number of carbonyl (C=O) groups excluding carboxylic acids is 1. The smallest absolute Gasteiger partial charge is 0.293 e. The first-order valence-electron chi connectivity index (χ1n) is 5.94. The predicted molar refractivity (Wildman–Crippen MR) is 68.8 cm³/mol. The second-order valence-electron chi connectivity index (χ2n) is 5.21. The van der Waals surface area contributed by atoms with Crippen molar-refractivity contribution < 1.29 is 9.90 Å². The van der Waals surface area contributed by atoms with Gasteiger partial charge in [-0.2, -0.15) is 4.98 Å². The molecule has 0 fully saturated rings. The van der Waals surface area contributed by atoms with E-state index in [-0.39, 0.29) is 18.3 Å². The van der Waals surface area contributed by atoms with Gasteiger partial charge < -0.3 is 10.0 Å². The number of hydrogen-bond acceptors (Lipinski definition) is 5.